The number of nitrogens with zero attached hydrogens (tertiary/aromatic N) is 1. The number of benzene rings is 1. The van der Waals surface area contributed by atoms with Crippen molar-refractivity contribution in [3.8, 4) is 0 Å². The number of halogens is 4. The Labute approximate surface area is 136 Å². The van der Waals surface area contributed by atoms with Gasteiger partial charge in [-0.2, -0.15) is 13.2 Å². The Bertz CT molecular complexity index is 700. The van der Waals surface area contributed by atoms with Gasteiger partial charge in [-0.15, -0.1) is 0 Å². The number of fused-ring (bicyclic) bond motifs is 1. The highest BCUT2D eigenvalue weighted by molar-refractivity contribution is 6.35. The summed E-state index contributed by atoms with van der Waals surface area (Å²) in [5, 5.41) is 1.36. The lowest BCUT2D eigenvalue weighted by Gasteiger charge is -2.23. The Hall–Kier alpha value is -1.73. The third-order valence-electron chi connectivity index (χ3n) is 3.47. The van der Waals surface area contributed by atoms with Crippen LogP contribution in [0.3, 0.4) is 0 Å². The zero-order valence-corrected chi connectivity index (χ0v) is 13.3. The number of carbonyl (C=O) groups excluding carboxylic acids is 1. The number of hydrogen-bond donors (Lipinski definition) is 1. The average Bonchev–Trinajstić information content (AvgIpc) is 2.86. The van der Waals surface area contributed by atoms with E-state index in [1.54, 1.807) is 18.2 Å². The second kappa shape index (κ2) is 6.80. The highest BCUT2D eigenvalue weighted by atomic mass is 35.5. The number of carbonyl (C=O) groups is 1. The fourth-order valence-corrected chi connectivity index (χ4v) is 2.35. The van der Waals surface area contributed by atoms with Crippen molar-refractivity contribution in [1.82, 2.24) is 9.88 Å². The Balaban J connectivity index is 1.96. The third-order valence-corrected chi connectivity index (χ3v) is 3.80. The van der Waals surface area contributed by atoms with Crippen molar-refractivity contribution < 1.29 is 22.7 Å². The number of alkyl halides is 3. The minimum Gasteiger partial charge on any atom is -0.458 e. The second-order valence-electron chi connectivity index (χ2n) is 5.31. The van der Waals surface area contributed by atoms with Gasteiger partial charge in [0.2, 0.25) is 0 Å². The number of rotatable bonds is 5. The summed E-state index contributed by atoms with van der Waals surface area (Å²) in [6, 6.07) is 6.10. The first kappa shape index (κ1) is 17.6. The maximum Gasteiger partial charge on any atom is 0.401 e. The van der Waals surface area contributed by atoms with Gasteiger partial charge >= 0.3 is 12.1 Å². The minimum atomic E-state index is -4.36. The number of hydrogen-bond acceptors (Lipinski definition) is 3. The van der Waals surface area contributed by atoms with Crippen LogP contribution >= 0.6 is 11.6 Å². The number of aromatic amines is 1. The summed E-state index contributed by atoms with van der Waals surface area (Å²) in [5.74, 6) is -0.721. The molecular formula is C15H16ClF3N2O2. The molecule has 0 aliphatic carbocycles. The summed E-state index contributed by atoms with van der Waals surface area (Å²) in [4.78, 5) is 15.8. The number of nitrogens with one attached hydrogen (secondary N) is 1. The second-order valence-corrected chi connectivity index (χ2v) is 5.72. The van der Waals surface area contributed by atoms with Crippen molar-refractivity contribution in [2.24, 2.45) is 0 Å². The van der Waals surface area contributed by atoms with E-state index in [9.17, 15) is 18.0 Å². The largest absolute Gasteiger partial charge is 0.458 e. The Morgan fingerprint density at radius 1 is 1.43 bits per heavy atom. The number of likely N-dealkylation sites (N-methyl/N-ethyl adjacent to an activating group) is 1. The quantitative estimate of drug-likeness (QED) is 0.837. The maximum atomic E-state index is 12.3. The van der Waals surface area contributed by atoms with Crippen molar-refractivity contribution in [1.29, 1.82) is 0 Å². The zero-order valence-electron chi connectivity index (χ0n) is 12.6. The number of esters is 1. The summed E-state index contributed by atoms with van der Waals surface area (Å²) in [5.41, 5.74) is 1.41. The first-order valence-electron chi connectivity index (χ1n) is 6.87. The summed E-state index contributed by atoms with van der Waals surface area (Å²) < 4.78 is 42.0. The van der Waals surface area contributed by atoms with Crippen LogP contribution in [0.5, 0.6) is 0 Å². The van der Waals surface area contributed by atoms with Crippen molar-refractivity contribution >= 4 is 28.5 Å². The lowest BCUT2D eigenvalue weighted by molar-refractivity contribution is -0.162. The Kier molecular flexibility index (Phi) is 5.21. The zero-order chi connectivity index (χ0) is 17.2. The molecule has 126 valence electrons. The van der Waals surface area contributed by atoms with E-state index in [-0.39, 0.29) is 6.61 Å². The van der Waals surface area contributed by atoms with Crippen LogP contribution in [0.15, 0.2) is 24.3 Å². The van der Waals surface area contributed by atoms with Crippen LogP contribution in [-0.2, 0) is 16.1 Å². The van der Waals surface area contributed by atoms with Crippen molar-refractivity contribution in [3.63, 3.8) is 0 Å². The van der Waals surface area contributed by atoms with Crippen LogP contribution in [0.2, 0.25) is 5.02 Å². The monoisotopic (exact) mass is 348 g/mol. The van der Waals surface area contributed by atoms with E-state index in [2.05, 4.69) is 4.98 Å². The Morgan fingerprint density at radius 3 is 2.74 bits per heavy atom. The Morgan fingerprint density at radius 2 is 2.13 bits per heavy atom. The SMILES string of the molecule is C[C@@H](C(=O)OCc1cc2c(Cl)cccc2[nH]1)N(C)CC(F)(F)F. The molecule has 0 radical (unpaired) electrons. The molecule has 23 heavy (non-hydrogen) atoms. The van der Waals surface area contributed by atoms with Crippen molar-refractivity contribution in [2.75, 3.05) is 13.6 Å². The van der Waals surface area contributed by atoms with Gasteiger partial charge in [-0.3, -0.25) is 9.69 Å². The van der Waals surface area contributed by atoms with E-state index in [0.29, 0.717) is 10.7 Å². The van der Waals surface area contributed by atoms with Crippen LogP contribution in [0, 0.1) is 0 Å². The van der Waals surface area contributed by atoms with Crippen LogP contribution < -0.4 is 0 Å². The molecule has 1 N–H and O–H groups in total. The van der Waals surface area contributed by atoms with E-state index < -0.39 is 24.7 Å². The van der Waals surface area contributed by atoms with Gasteiger partial charge in [0.25, 0.3) is 0 Å². The molecule has 1 aromatic carbocycles. The fourth-order valence-electron chi connectivity index (χ4n) is 2.12. The molecule has 1 atom stereocenters. The van der Waals surface area contributed by atoms with E-state index in [4.69, 9.17) is 16.3 Å². The lowest BCUT2D eigenvalue weighted by atomic mass is 10.2. The van der Waals surface area contributed by atoms with Gasteiger partial charge in [-0.05, 0) is 32.2 Å². The predicted molar refractivity (Wildman–Crippen MR) is 81.3 cm³/mol. The normalized spacial score (nSPS) is 13.5. The van der Waals surface area contributed by atoms with Crippen molar-refractivity contribution in [2.45, 2.75) is 25.7 Å². The highest BCUT2D eigenvalue weighted by Crippen LogP contribution is 2.24. The molecule has 1 heterocycles. The van der Waals surface area contributed by atoms with Gasteiger partial charge in [0, 0.05) is 15.9 Å². The molecule has 0 aliphatic rings. The van der Waals surface area contributed by atoms with Gasteiger partial charge in [-0.1, -0.05) is 17.7 Å². The fraction of sp³-hybridized carbons (Fsp3) is 0.400. The summed E-state index contributed by atoms with van der Waals surface area (Å²) in [6.07, 6.45) is -4.36. The third kappa shape index (κ3) is 4.62. The van der Waals surface area contributed by atoms with Gasteiger partial charge in [0.05, 0.1) is 12.2 Å². The molecular weight excluding hydrogens is 333 g/mol. The van der Waals surface area contributed by atoms with E-state index in [0.717, 1.165) is 15.8 Å². The smallest absolute Gasteiger partial charge is 0.401 e. The topological polar surface area (TPSA) is 45.3 Å². The summed E-state index contributed by atoms with van der Waals surface area (Å²) >= 11 is 6.05. The standard InChI is InChI=1S/C15H16ClF3N2O2/c1-9(21(2)8-15(17,18)19)14(22)23-7-10-6-11-12(16)4-3-5-13(11)20-10/h3-6,9,20H,7-8H2,1-2H3/t9-/m0/s1. The average molecular weight is 349 g/mol. The van der Waals surface area contributed by atoms with Gasteiger partial charge in [0.1, 0.15) is 12.6 Å². The molecule has 4 nitrogen and oxygen atoms in total. The molecule has 0 saturated heterocycles. The summed E-state index contributed by atoms with van der Waals surface area (Å²) in [7, 11) is 1.22. The molecule has 0 bridgehead atoms. The number of aromatic nitrogens is 1. The van der Waals surface area contributed by atoms with E-state index in [1.165, 1.54) is 14.0 Å². The first-order chi connectivity index (χ1) is 10.7. The molecule has 0 fully saturated rings. The van der Waals surface area contributed by atoms with Gasteiger partial charge < -0.3 is 9.72 Å². The molecule has 0 amide bonds. The van der Waals surface area contributed by atoms with Crippen LogP contribution in [-0.4, -0.2) is 41.7 Å². The van der Waals surface area contributed by atoms with E-state index in [1.807, 2.05) is 6.07 Å². The van der Waals surface area contributed by atoms with Crippen LogP contribution in [0.4, 0.5) is 13.2 Å². The van der Waals surface area contributed by atoms with Crippen molar-refractivity contribution in [3.05, 3.63) is 35.0 Å². The molecule has 0 unspecified atom stereocenters. The first-order valence-corrected chi connectivity index (χ1v) is 7.25. The molecule has 0 aliphatic heterocycles. The molecule has 1 aromatic heterocycles. The molecule has 2 aromatic rings. The maximum absolute atomic E-state index is 12.3. The molecule has 0 saturated carbocycles. The van der Waals surface area contributed by atoms with Gasteiger partial charge in [-0.25, -0.2) is 0 Å². The van der Waals surface area contributed by atoms with Crippen LogP contribution in [0.25, 0.3) is 10.9 Å². The van der Waals surface area contributed by atoms with E-state index >= 15 is 0 Å². The molecule has 8 heteroatoms. The molecule has 0 spiro atoms. The highest BCUT2D eigenvalue weighted by Gasteiger charge is 2.33. The number of ether oxygens (including phenoxy) is 1. The molecule has 2 rings (SSSR count). The lowest BCUT2D eigenvalue weighted by Crippen LogP contribution is -2.42. The van der Waals surface area contributed by atoms with Gasteiger partial charge in [0.15, 0.2) is 0 Å². The number of H-pyrrole nitrogens is 1. The minimum absolute atomic E-state index is 0.0615. The summed E-state index contributed by atoms with van der Waals surface area (Å²) in [6.45, 7) is 0.134. The van der Waals surface area contributed by atoms with Crippen LogP contribution in [0.1, 0.15) is 12.6 Å². The predicted octanol–water partition coefficient (Wildman–Crippen LogP) is 3.75.